The molecule has 0 aliphatic carbocycles. The van der Waals surface area contributed by atoms with Crippen molar-refractivity contribution >= 4 is 40.1 Å². The Kier molecular flexibility index (Phi) is 5.71. The van der Waals surface area contributed by atoms with E-state index in [1.165, 1.54) is 17.4 Å². The molecule has 2 aromatic carbocycles. The van der Waals surface area contributed by atoms with Gasteiger partial charge in [-0.25, -0.2) is 4.98 Å². The topological polar surface area (TPSA) is 51.2 Å². The number of ether oxygens (including phenoxy) is 1. The molecule has 3 rings (SSSR count). The molecule has 1 amide bonds. The third-order valence-corrected chi connectivity index (χ3v) is 4.94. The molecule has 1 N–H and O–H groups in total. The number of hydrogen-bond donors (Lipinski definition) is 1. The van der Waals surface area contributed by atoms with Gasteiger partial charge in [-0.05, 0) is 48.9 Å². The van der Waals surface area contributed by atoms with Gasteiger partial charge in [0.1, 0.15) is 5.75 Å². The van der Waals surface area contributed by atoms with Gasteiger partial charge in [0.2, 0.25) is 5.91 Å². The van der Waals surface area contributed by atoms with E-state index < -0.39 is 0 Å². The number of benzene rings is 2. The Morgan fingerprint density at radius 1 is 1.19 bits per heavy atom. The number of amides is 1. The maximum atomic E-state index is 12.1. The zero-order chi connectivity index (χ0) is 18.5. The highest BCUT2D eigenvalue weighted by Gasteiger charge is 2.11. The van der Waals surface area contributed by atoms with Crippen LogP contribution in [0, 0.1) is 6.92 Å². The van der Waals surface area contributed by atoms with E-state index in [1.54, 1.807) is 19.3 Å². The fraction of sp³-hybridized carbons (Fsp3) is 0.100. The van der Waals surface area contributed by atoms with E-state index in [-0.39, 0.29) is 5.91 Å². The summed E-state index contributed by atoms with van der Waals surface area (Å²) in [5.74, 6) is 0.541. The second kappa shape index (κ2) is 8.17. The standard InChI is InChI=1S/C20H17ClN2O2S/c1-13-19(15-7-10-16(25-2)11-8-15)23-20(26-13)22-18(24)12-9-14-5-3-4-6-17(14)21/h3-12H,1-2H3,(H,22,23,24)/b12-9+. The number of nitrogens with one attached hydrogen (secondary N) is 1. The van der Waals surface area contributed by atoms with E-state index in [1.807, 2.05) is 49.4 Å². The van der Waals surface area contributed by atoms with Crippen molar-refractivity contribution in [3.8, 4) is 17.0 Å². The number of thiazole rings is 1. The van der Waals surface area contributed by atoms with E-state index in [9.17, 15) is 4.79 Å². The summed E-state index contributed by atoms with van der Waals surface area (Å²) in [4.78, 5) is 17.7. The van der Waals surface area contributed by atoms with Gasteiger partial charge in [-0.15, -0.1) is 11.3 Å². The number of carbonyl (C=O) groups excluding carboxylic acids is 1. The number of rotatable bonds is 5. The van der Waals surface area contributed by atoms with Gasteiger partial charge in [0.15, 0.2) is 5.13 Å². The second-order valence-electron chi connectivity index (χ2n) is 5.50. The van der Waals surface area contributed by atoms with Crippen LogP contribution in [-0.2, 0) is 4.79 Å². The number of anilines is 1. The van der Waals surface area contributed by atoms with Gasteiger partial charge in [-0.3, -0.25) is 10.1 Å². The number of carbonyl (C=O) groups is 1. The van der Waals surface area contributed by atoms with E-state index >= 15 is 0 Å². The van der Waals surface area contributed by atoms with Crippen LogP contribution < -0.4 is 10.1 Å². The van der Waals surface area contributed by atoms with Crippen molar-refractivity contribution in [2.24, 2.45) is 0 Å². The van der Waals surface area contributed by atoms with Crippen LogP contribution in [0.15, 0.2) is 54.6 Å². The molecule has 6 heteroatoms. The average molecular weight is 385 g/mol. The zero-order valence-electron chi connectivity index (χ0n) is 14.3. The molecule has 132 valence electrons. The number of hydrogen-bond acceptors (Lipinski definition) is 4. The summed E-state index contributed by atoms with van der Waals surface area (Å²) < 4.78 is 5.17. The van der Waals surface area contributed by atoms with Crippen LogP contribution in [0.5, 0.6) is 5.75 Å². The van der Waals surface area contributed by atoms with E-state index in [4.69, 9.17) is 16.3 Å². The number of methoxy groups -OCH3 is 1. The summed E-state index contributed by atoms with van der Waals surface area (Å²) in [6, 6.07) is 15.0. The summed E-state index contributed by atoms with van der Waals surface area (Å²) in [6.07, 6.45) is 3.13. The van der Waals surface area contributed by atoms with Gasteiger partial charge in [0.25, 0.3) is 0 Å². The predicted octanol–water partition coefficient (Wildman–Crippen LogP) is 5.43. The first-order valence-corrected chi connectivity index (χ1v) is 9.11. The fourth-order valence-corrected chi connectivity index (χ4v) is 3.43. The summed E-state index contributed by atoms with van der Waals surface area (Å²) in [5.41, 5.74) is 2.62. The van der Waals surface area contributed by atoms with Crippen LogP contribution in [0.2, 0.25) is 5.02 Å². The largest absolute Gasteiger partial charge is 0.497 e. The Hall–Kier alpha value is -2.63. The van der Waals surface area contributed by atoms with Crippen LogP contribution >= 0.6 is 22.9 Å². The van der Waals surface area contributed by atoms with Crippen molar-refractivity contribution in [1.82, 2.24) is 4.98 Å². The van der Waals surface area contributed by atoms with E-state index in [0.29, 0.717) is 10.2 Å². The highest BCUT2D eigenvalue weighted by atomic mass is 35.5. The first-order valence-electron chi connectivity index (χ1n) is 7.92. The molecule has 0 aliphatic heterocycles. The lowest BCUT2D eigenvalue weighted by molar-refractivity contribution is -0.111. The van der Waals surface area contributed by atoms with E-state index in [0.717, 1.165) is 27.4 Å². The summed E-state index contributed by atoms with van der Waals surface area (Å²) >= 11 is 7.52. The third kappa shape index (κ3) is 4.31. The van der Waals surface area contributed by atoms with Gasteiger partial charge in [-0.2, -0.15) is 0 Å². The van der Waals surface area contributed by atoms with Crippen molar-refractivity contribution in [2.75, 3.05) is 12.4 Å². The highest BCUT2D eigenvalue weighted by Crippen LogP contribution is 2.31. The molecule has 0 fully saturated rings. The molecule has 0 aliphatic rings. The smallest absolute Gasteiger partial charge is 0.250 e. The monoisotopic (exact) mass is 384 g/mol. The molecular weight excluding hydrogens is 368 g/mol. The molecule has 0 saturated heterocycles. The van der Waals surface area contributed by atoms with Crippen LogP contribution in [0.4, 0.5) is 5.13 Å². The molecule has 0 radical (unpaired) electrons. The molecular formula is C20H17ClN2O2S. The lowest BCUT2D eigenvalue weighted by Gasteiger charge is -2.01. The molecule has 0 saturated carbocycles. The minimum atomic E-state index is -0.250. The van der Waals surface area contributed by atoms with Gasteiger partial charge in [-0.1, -0.05) is 29.8 Å². The molecule has 3 aromatic rings. The van der Waals surface area contributed by atoms with Gasteiger partial charge in [0.05, 0.1) is 12.8 Å². The fourth-order valence-electron chi connectivity index (χ4n) is 2.39. The number of aromatic nitrogens is 1. The molecule has 1 heterocycles. The zero-order valence-corrected chi connectivity index (χ0v) is 15.9. The molecule has 0 spiro atoms. The van der Waals surface area contributed by atoms with Crippen LogP contribution in [0.25, 0.3) is 17.3 Å². The van der Waals surface area contributed by atoms with Crippen molar-refractivity contribution in [1.29, 1.82) is 0 Å². The Morgan fingerprint density at radius 3 is 2.62 bits per heavy atom. The first kappa shape index (κ1) is 18.2. The maximum absolute atomic E-state index is 12.1. The highest BCUT2D eigenvalue weighted by molar-refractivity contribution is 7.16. The minimum absolute atomic E-state index is 0.250. The molecule has 0 unspecified atom stereocenters. The third-order valence-electron chi connectivity index (χ3n) is 3.71. The quantitative estimate of drug-likeness (QED) is 0.596. The van der Waals surface area contributed by atoms with Gasteiger partial charge < -0.3 is 4.74 Å². The Balaban J connectivity index is 1.72. The summed E-state index contributed by atoms with van der Waals surface area (Å²) in [5, 5.41) is 3.96. The van der Waals surface area contributed by atoms with Gasteiger partial charge in [0, 0.05) is 21.5 Å². The normalized spacial score (nSPS) is 10.9. The van der Waals surface area contributed by atoms with Crippen molar-refractivity contribution in [3.63, 3.8) is 0 Å². The predicted molar refractivity (Wildman–Crippen MR) is 108 cm³/mol. The summed E-state index contributed by atoms with van der Waals surface area (Å²) in [6.45, 7) is 1.98. The van der Waals surface area contributed by atoms with Crippen molar-refractivity contribution < 1.29 is 9.53 Å². The Bertz CT molecular complexity index is 949. The number of aryl methyl sites for hydroxylation is 1. The molecule has 26 heavy (non-hydrogen) atoms. The number of nitrogens with zero attached hydrogens (tertiary/aromatic N) is 1. The Morgan fingerprint density at radius 2 is 1.92 bits per heavy atom. The summed E-state index contributed by atoms with van der Waals surface area (Å²) in [7, 11) is 1.63. The SMILES string of the molecule is COc1ccc(-c2nc(NC(=O)/C=C/c3ccccc3Cl)sc2C)cc1. The average Bonchev–Trinajstić information content (AvgIpc) is 3.01. The maximum Gasteiger partial charge on any atom is 0.250 e. The van der Waals surface area contributed by atoms with Crippen molar-refractivity contribution in [3.05, 3.63) is 70.1 Å². The first-order chi connectivity index (χ1) is 12.6. The molecule has 0 bridgehead atoms. The van der Waals surface area contributed by atoms with E-state index in [2.05, 4.69) is 10.3 Å². The molecule has 4 nitrogen and oxygen atoms in total. The van der Waals surface area contributed by atoms with Crippen LogP contribution in [0.3, 0.4) is 0 Å². The van der Waals surface area contributed by atoms with Gasteiger partial charge >= 0.3 is 0 Å². The lowest BCUT2D eigenvalue weighted by Crippen LogP contribution is -2.07. The lowest BCUT2D eigenvalue weighted by atomic mass is 10.1. The Labute approximate surface area is 161 Å². The van der Waals surface area contributed by atoms with Crippen LogP contribution in [0.1, 0.15) is 10.4 Å². The minimum Gasteiger partial charge on any atom is -0.497 e. The molecule has 0 atom stereocenters. The molecule has 1 aromatic heterocycles. The number of halogens is 1. The second-order valence-corrected chi connectivity index (χ2v) is 7.11. The van der Waals surface area contributed by atoms with Crippen molar-refractivity contribution in [2.45, 2.75) is 6.92 Å². The van der Waals surface area contributed by atoms with Crippen LogP contribution in [-0.4, -0.2) is 18.0 Å².